The number of hydrogen-bond donors (Lipinski definition) is 6. The van der Waals surface area contributed by atoms with E-state index >= 15 is 0 Å². The zero-order valence-electron chi connectivity index (χ0n) is 34.9. The Morgan fingerprint density at radius 1 is 0.881 bits per heavy atom. The normalized spacial score (nSPS) is 14.0. The third-order valence-electron chi connectivity index (χ3n) is 8.80. The van der Waals surface area contributed by atoms with E-state index in [2.05, 4.69) is 21.3 Å². The summed E-state index contributed by atoms with van der Waals surface area (Å²) in [6.07, 6.45) is 1.18. The highest BCUT2D eigenvalue weighted by Crippen LogP contribution is 2.17. The van der Waals surface area contributed by atoms with Crippen molar-refractivity contribution in [2.75, 3.05) is 65.5 Å². The summed E-state index contributed by atoms with van der Waals surface area (Å²) in [4.78, 5) is 102. The van der Waals surface area contributed by atoms with Gasteiger partial charge in [0, 0.05) is 51.4 Å². The molecule has 0 saturated carbocycles. The van der Waals surface area contributed by atoms with Crippen LogP contribution in [0.5, 0.6) is 0 Å². The Labute approximate surface area is 344 Å². The van der Waals surface area contributed by atoms with Crippen molar-refractivity contribution < 1.29 is 57.7 Å². The molecule has 0 spiro atoms. The Bertz CT molecular complexity index is 1630. The van der Waals surface area contributed by atoms with Gasteiger partial charge in [-0.05, 0) is 63.6 Å². The average Bonchev–Trinajstić information content (AvgIpc) is 3.47. The molecule has 20 heteroatoms. The first-order valence-electron chi connectivity index (χ1n) is 19.3. The topological polar surface area (TPSA) is 268 Å². The fraction of sp³-hybridized carbons (Fsp3) is 0.590. The minimum atomic E-state index is -1.18. The van der Waals surface area contributed by atoms with E-state index in [-0.39, 0.29) is 77.7 Å². The van der Waals surface area contributed by atoms with Crippen LogP contribution in [-0.4, -0.2) is 151 Å². The number of carboxylic acid groups (broad SMARTS) is 1. The van der Waals surface area contributed by atoms with Crippen molar-refractivity contribution in [3.63, 3.8) is 0 Å². The van der Waals surface area contributed by atoms with E-state index in [4.69, 9.17) is 19.9 Å². The van der Waals surface area contributed by atoms with Gasteiger partial charge in [0.15, 0.2) is 0 Å². The van der Waals surface area contributed by atoms with Crippen molar-refractivity contribution in [3.05, 3.63) is 42.0 Å². The summed E-state index contributed by atoms with van der Waals surface area (Å²) >= 11 is 0. The Morgan fingerprint density at radius 2 is 1.49 bits per heavy atom. The molecule has 7 N–H and O–H groups in total. The van der Waals surface area contributed by atoms with Gasteiger partial charge in [-0.2, -0.15) is 0 Å². The van der Waals surface area contributed by atoms with Gasteiger partial charge in [0.1, 0.15) is 17.7 Å². The first kappa shape index (κ1) is 49.4. The van der Waals surface area contributed by atoms with E-state index in [1.165, 1.54) is 31.1 Å². The maximum Gasteiger partial charge on any atom is 0.410 e. The molecule has 59 heavy (non-hydrogen) atoms. The third-order valence-corrected chi connectivity index (χ3v) is 8.80. The summed E-state index contributed by atoms with van der Waals surface area (Å²) in [6.45, 7) is 9.47. The lowest BCUT2D eigenvalue weighted by Gasteiger charge is -2.31. The van der Waals surface area contributed by atoms with Crippen molar-refractivity contribution in [2.45, 2.75) is 84.0 Å². The van der Waals surface area contributed by atoms with Crippen LogP contribution in [0.15, 0.2) is 36.4 Å². The van der Waals surface area contributed by atoms with Crippen LogP contribution >= 0.6 is 0 Å². The first-order chi connectivity index (χ1) is 27.7. The Balaban J connectivity index is 1.99. The van der Waals surface area contributed by atoms with Gasteiger partial charge in [0.2, 0.25) is 17.7 Å². The molecule has 0 aromatic heterocycles. The molecule has 2 rings (SSSR count). The summed E-state index contributed by atoms with van der Waals surface area (Å²) in [5.41, 5.74) is 5.55. The Morgan fingerprint density at radius 3 is 2.05 bits per heavy atom. The minimum Gasteiger partial charge on any atom is -0.465 e. The molecule has 20 nitrogen and oxygen atoms in total. The van der Waals surface area contributed by atoms with Gasteiger partial charge in [0.25, 0.3) is 11.8 Å². The number of likely N-dealkylation sites (N-methyl/N-ethyl adjacent to an activating group) is 2. The van der Waals surface area contributed by atoms with Crippen LogP contribution in [0.4, 0.5) is 20.1 Å². The second-order valence-electron chi connectivity index (χ2n) is 15.2. The number of nitrogens with two attached hydrogens (primary N) is 1. The second kappa shape index (κ2) is 24.2. The van der Waals surface area contributed by atoms with Gasteiger partial charge in [-0.3, -0.25) is 28.9 Å². The highest BCUT2D eigenvalue weighted by Gasteiger charge is 2.30. The lowest BCUT2D eigenvalue weighted by Crippen LogP contribution is -2.54. The molecule has 0 radical (unpaired) electrons. The number of rotatable bonds is 24. The van der Waals surface area contributed by atoms with Gasteiger partial charge in [0.05, 0.1) is 39.0 Å². The average molecular weight is 833 g/mol. The molecule has 1 unspecified atom stereocenters. The lowest BCUT2D eigenvalue weighted by molar-refractivity contribution is -0.137. The fourth-order valence-corrected chi connectivity index (χ4v) is 5.56. The quantitative estimate of drug-likeness (QED) is 0.0638. The van der Waals surface area contributed by atoms with Crippen LogP contribution in [0.2, 0.25) is 0 Å². The summed E-state index contributed by atoms with van der Waals surface area (Å²) in [7, 11) is 2.94. The van der Waals surface area contributed by atoms with Crippen molar-refractivity contribution in [1.82, 2.24) is 30.7 Å². The minimum absolute atomic E-state index is 0.0331. The van der Waals surface area contributed by atoms with E-state index < -0.39 is 71.5 Å². The standard InChI is InChI=1S/C39H60N8O12/c1-25(2)33(44-30(48)16-19-57-21-22-58-20-18-47-31(49)14-15-32(47)50)35(52)43-29(9-8-17-41-36(40)53)34(51)42-27-12-10-26(11-13-27)23-28(46(7)37(54)55)24-45(6)38(56)59-39(3,4)5/h10-15,25,28-29,33H,8-9,16-24H2,1-7H3,(H,42,51)(H,43,52)(H,44,48)(H,54,55)(H3,40,41,53)/t28?,29-,33-/m0/s1. The molecular weight excluding hydrogens is 772 g/mol. The third kappa shape index (κ3) is 18.6. The number of urea groups is 1. The summed E-state index contributed by atoms with van der Waals surface area (Å²) in [5, 5.41) is 20.3. The van der Waals surface area contributed by atoms with Crippen molar-refractivity contribution in [2.24, 2.45) is 11.7 Å². The highest BCUT2D eigenvalue weighted by molar-refractivity contribution is 6.12. The van der Waals surface area contributed by atoms with Crippen LogP contribution in [0, 0.1) is 5.92 Å². The molecule has 328 valence electrons. The number of primary amides is 1. The van der Waals surface area contributed by atoms with Gasteiger partial charge < -0.3 is 56.1 Å². The van der Waals surface area contributed by atoms with E-state index in [0.717, 1.165) is 15.4 Å². The largest absolute Gasteiger partial charge is 0.465 e. The number of benzene rings is 1. The molecule has 1 aromatic carbocycles. The zero-order chi connectivity index (χ0) is 44.3. The molecule has 1 aliphatic rings. The molecular formula is C39H60N8O12. The van der Waals surface area contributed by atoms with Crippen LogP contribution in [0.25, 0.3) is 0 Å². The predicted molar refractivity (Wildman–Crippen MR) is 215 cm³/mol. The number of amides is 9. The van der Waals surface area contributed by atoms with Crippen LogP contribution < -0.4 is 27.0 Å². The molecule has 0 saturated heterocycles. The fourth-order valence-electron chi connectivity index (χ4n) is 5.56. The number of carbonyl (C=O) groups excluding carboxylic acids is 7. The lowest BCUT2D eigenvalue weighted by atomic mass is 10.0. The van der Waals surface area contributed by atoms with Gasteiger partial charge in [-0.25, -0.2) is 14.4 Å². The molecule has 0 aliphatic carbocycles. The number of anilines is 1. The molecule has 1 aromatic rings. The second-order valence-corrected chi connectivity index (χ2v) is 15.2. The van der Waals surface area contributed by atoms with Crippen molar-refractivity contribution >= 4 is 53.4 Å². The SMILES string of the molecule is CC(C)[C@H](NC(=O)CCOCCOCCN1C(=O)C=CC1=O)C(=O)N[C@@H](CCCNC(N)=O)C(=O)Nc1ccc(CC(CN(C)C(=O)OC(C)(C)C)N(C)C(=O)O)cc1. The highest BCUT2D eigenvalue weighted by atomic mass is 16.6. The van der Waals surface area contributed by atoms with Gasteiger partial charge in [-0.15, -0.1) is 0 Å². The van der Waals surface area contributed by atoms with Crippen molar-refractivity contribution in [1.29, 1.82) is 0 Å². The molecule has 1 aliphatic heterocycles. The number of nitrogens with one attached hydrogen (secondary N) is 4. The Kier molecular flexibility index (Phi) is 20.3. The summed E-state index contributed by atoms with van der Waals surface area (Å²) in [5.74, 6) is -2.78. The monoisotopic (exact) mass is 832 g/mol. The number of ether oxygens (including phenoxy) is 3. The maximum absolute atomic E-state index is 13.6. The van der Waals surface area contributed by atoms with Crippen LogP contribution in [0.1, 0.15) is 59.4 Å². The summed E-state index contributed by atoms with van der Waals surface area (Å²) < 4.78 is 16.2. The molecule has 3 atom stereocenters. The number of hydrogen-bond acceptors (Lipinski definition) is 11. The first-order valence-corrected chi connectivity index (χ1v) is 19.3. The van der Waals surface area contributed by atoms with Gasteiger partial charge in [-0.1, -0.05) is 26.0 Å². The Hall–Kier alpha value is -5.76. The van der Waals surface area contributed by atoms with Crippen molar-refractivity contribution in [3.8, 4) is 0 Å². The molecule has 9 amide bonds. The molecule has 0 fully saturated rings. The number of nitrogens with zero attached hydrogens (tertiary/aromatic N) is 3. The van der Waals surface area contributed by atoms with Crippen LogP contribution in [0.3, 0.4) is 0 Å². The maximum atomic E-state index is 13.6. The smallest absolute Gasteiger partial charge is 0.410 e. The zero-order valence-corrected chi connectivity index (χ0v) is 34.9. The van der Waals surface area contributed by atoms with Crippen LogP contribution in [-0.2, 0) is 44.6 Å². The predicted octanol–water partition coefficient (Wildman–Crippen LogP) is 1.44. The van der Waals surface area contributed by atoms with E-state index in [9.17, 15) is 43.5 Å². The van der Waals surface area contributed by atoms with E-state index in [1.807, 2.05) is 0 Å². The molecule has 1 heterocycles. The van der Waals surface area contributed by atoms with Gasteiger partial charge >= 0.3 is 18.2 Å². The summed E-state index contributed by atoms with van der Waals surface area (Å²) in [6, 6.07) is 3.21. The molecule has 0 bridgehead atoms. The van der Waals surface area contributed by atoms with E-state index in [1.54, 1.807) is 58.9 Å². The van der Waals surface area contributed by atoms with E-state index in [0.29, 0.717) is 5.69 Å². The number of carbonyl (C=O) groups is 8. The number of imide groups is 1.